The average molecular weight is 301 g/mol. The zero-order valence-electron chi connectivity index (χ0n) is 8.81. The van der Waals surface area contributed by atoms with Gasteiger partial charge in [0.15, 0.2) is 0 Å². The fourth-order valence-corrected chi connectivity index (χ4v) is 3.25. The highest BCUT2D eigenvalue weighted by Crippen LogP contribution is 2.15. The molecule has 0 aliphatic rings. The SMILES string of the molecule is O=S(=O)(c1cncc(F)c1)N(CCCl)CCCl. The van der Waals surface area contributed by atoms with Crippen LogP contribution in [-0.4, -0.2) is 42.6 Å². The van der Waals surface area contributed by atoms with E-state index >= 15 is 0 Å². The normalized spacial score (nSPS) is 12.0. The molecule has 0 unspecified atom stereocenters. The van der Waals surface area contributed by atoms with Crippen molar-refractivity contribution in [3.8, 4) is 0 Å². The highest BCUT2D eigenvalue weighted by atomic mass is 35.5. The van der Waals surface area contributed by atoms with Gasteiger partial charge in [-0.1, -0.05) is 0 Å². The second-order valence-electron chi connectivity index (χ2n) is 3.12. The molecule has 4 nitrogen and oxygen atoms in total. The Morgan fingerprint density at radius 2 is 1.82 bits per heavy atom. The number of rotatable bonds is 6. The van der Waals surface area contributed by atoms with Gasteiger partial charge in [0.2, 0.25) is 10.0 Å². The van der Waals surface area contributed by atoms with Crippen molar-refractivity contribution in [3.63, 3.8) is 0 Å². The summed E-state index contributed by atoms with van der Waals surface area (Å²) in [6.07, 6.45) is 2.03. The molecule has 0 aliphatic heterocycles. The van der Waals surface area contributed by atoms with Crippen molar-refractivity contribution in [1.82, 2.24) is 9.29 Å². The molecule has 0 fully saturated rings. The first-order valence-corrected chi connectivity index (χ1v) is 7.26. The maximum absolute atomic E-state index is 12.9. The number of sulfonamides is 1. The predicted octanol–water partition coefficient (Wildman–Crippen LogP) is 1.69. The zero-order valence-corrected chi connectivity index (χ0v) is 11.1. The lowest BCUT2D eigenvalue weighted by atomic mass is 10.5. The number of alkyl halides is 2. The third kappa shape index (κ3) is 3.77. The third-order valence-corrected chi connectivity index (χ3v) is 4.19. The largest absolute Gasteiger partial charge is 0.260 e. The summed E-state index contributed by atoms with van der Waals surface area (Å²) in [4.78, 5) is 3.31. The summed E-state index contributed by atoms with van der Waals surface area (Å²) >= 11 is 11.0. The van der Waals surface area contributed by atoms with Gasteiger partial charge in [0.05, 0.1) is 6.20 Å². The third-order valence-electron chi connectivity index (χ3n) is 1.99. The van der Waals surface area contributed by atoms with Gasteiger partial charge in [-0.15, -0.1) is 23.2 Å². The van der Waals surface area contributed by atoms with Crippen LogP contribution >= 0.6 is 23.2 Å². The number of nitrogens with zero attached hydrogens (tertiary/aromatic N) is 2. The maximum atomic E-state index is 12.9. The lowest BCUT2D eigenvalue weighted by Gasteiger charge is -2.19. The molecule has 0 saturated carbocycles. The first-order chi connectivity index (χ1) is 8.02. The lowest BCUT2D eigenvalue weighted by molar-refractivity contribution is 0.447. The van der Waals surface area contributed by atoms with Gasteiger partial charge in [0.25, 0.3) is 0 Å². The number of aromatic nitrogens is 1. The molecule has 1 heterocycles. The summed E-state index contributed by atoms with van der Waals surface area (Å²) in [5.74, 6) is -0.430. The maximum Gasteiger partial charge on any atom is 0.244 e. The first kappa shape index (κ1) is 14.6. The minimum Gasteiger partial charge on any atom is -0.260 e. The molecule has 0 aromatic carbocycles. The van der Waals surface area contributed by atoms with Crippen LogP contribution in [-0.2, 0) is 10.0 Å². The van der Waals surface area contributed by atoms with Crippen LogP contribution in [0.3, 0.4) is 0 Å². The molecule has 0 N–H and O–H groups in total. The Morgan fingerprint density at radius 3 is 2.29 bits per heavy atom. The molecule has 0 saturated heterocycles. The van der Waals surface area contributed by atoms with Gasteiger partial charge in [-0.2, -0.15) is 4.31 Å². The topological polar surface area (TPSA) is 50.3 Å². The number of halogens is 3. The van der Waals surface area contributed by atoms with Crippen molar-refractivity contribution in [2.24, 2.45) is 0 Å². The van der Waals surface area contributed by atoms with Gasteiger partial charge in [-0.05, 0) is 6.07 Å². The Bertz CT molecular complexity index is 464. The second-order valence-corrected chi connectivity index (χ2v) is 5.81. The standard InChI is InChI=1S/C9H11Cl2FN2O2S/c10-1-3-14(4-2-11)17(15,16)9-5-8(12)6-13-7-9/h5-7H,1-4H2. The van der Waals surface area contributed by atoms with Crippen LogP contribution in [0.5, 0.6) is 0 Å². The molecule has 1 aromatic heterocycles. The molecular weight excluding hydrogens is 290 g/mol. The van der Waals surface area contributed by atoms with Crippen molar-refractivity contribution in [2.45, 2.75) is 4.90 Å². The van der Waals surface area contributed by atoms with Crippen LogP contribution in [0.2, 0.25) is 0 Å². The Kier molecular flexibility index (Phi) is 5.58. The van der Waals surface area contributed by atoms with E-state index in [0.717, 1.165) is 22.8 Å². The van der Waals surface area contributed by atoms with E-state index in [-0.39, 0.29) is 29.7 Å². The molecule has 17 heavy (non-hydrogen) atoms. The average Bonchev–Trinajstić information content (AvgIpc) is 2.29. The van der Waals surface area contributed by atoms with Crippen LogP contribution in [0.15, 0.2) is 23.4 Å². The first-order valence-electron chi connectivity index (χ1n) is 4.75. The lowest BCUT2D eigenvalue weighted by Crippen LogP contribution is -2.34. The van der Waals surface area contributed by atoms with Gasteiger partial charge in [-0.3, -0.25) is 4.98 Å². The van der Waals surface area contributed by atoms with Crippen LogP contribution in [0, 0.1) is 5.82 Å². The molecule has 0 aliphatic carbocycles. The molecule has 0 bridgehead atoms. The molecule has 8 heteroatoms. The Labute approximate surface area is 109 Å². The predicted molar refractivity (Wildman–Crippen MR) is 64.4 cm³/mol. The molecule has 1 aromatic rings. The van der Waals surface area contributed by atoms with Crippen molar-refractivity contribution in [2.75, 3.05) is 24.8 Å². The highest BCUT2D eigenvalue weighted by molar-refractivity contribution is 7.89. The fraction of sp³-hybridized carbons (Fsp3) is 0.444. The summed E-state index contributed by atoms with van der Waals surface area (Å²) < 4.78 is 38.2. The molecule has 0 radical (unpaired) electrons. The van der Waals surface area contributed by atoms with E-state index in [4.69, 9.17) is 23.2 Å². The molecule has 96 valence electrons. The Morgan fingerprint density at radius 1 is 1.24 bits per heavy atom. The van der Waals surface area contributed by atoms with E-state index in [2.05, 4.69) is 4.98 Å². The van der Waals surface area contributed by atoms with Crippen molar-refractivity contribution < 1.29 is 12.8 Å². The van der Waals surface area contributed by atoms with Gasteiger partial charge in [-0.25, -0.2) is 12.8 Å². The van der Waals surface area contributed by atoms with Crippen molar-refractivity contribution in [3.05, 3.63) is 24.3 Å². The van der Waals surface area contributed by atoms with Gasteiger partial charge < -0.3 is 0 Å². The van der Waals surface area contributed by atoms with E-state index in [1.807, 2.05) is 0 Å². The van der Waals surface area contributed by atoms with Crippen molar-refractivity contribution in [1.29, 1.82) is 0 Å². The minimum atomic E-state index is -3.79. The van der Waals surface area contributed by atoms with Crippen molar-refractivity contribution >= 4 is 33.2 Å². The van der Waals surface area contributed by atoms with E-state index in [1.54, 1.807) is 0 Å². The van der Waals surface area contributed by atoms with Crippen LogP contribution in [0.1, 0.15) is 0 Å². The Balaban J connectivity index is 3.07. The van der Waals surface area contributed by atoms with E-state index in [1.165, 1.54) is 0 Å². The van der Waals surface area contributed by atoms with Gasteiger partial charge in [0.1, 0.15) is 10.7 Å². The smallest absolute Gasteiger partial charge is 0.244 e. The highest BCUT2D eigenvalue weighted by Gasteiger charge is 2.24. The van der Waals surface area contributed by atoms with E-state index in [0.29, 0.717) is 0 Å². The molecular formula is C9H11Cl2FN2O2S. The number of pyridine rings is 1. The van der Waals surface area contributed by atoms with Gasteiger partial charge >= 0.3 is 0 Å². The second kappa shape index (κ2) is 6.49. The summed E-state index contributed by atoms with van der Waals surface area (Å²) in [5.41, 5.74) is 0. The molecule has 0 amide bonds. The number of hydrogen-bond donors (Lipinski definition) is 0. The molecule has 0 atom stereocenters. The van der Waals surface area contributed by atoms with Gasteiger partial charge in [0, 0.05) is 31.0 Å². The summed E-state index contributed by atoms with van der Waals surface area (Å²) in [7, 11) is -3.79. The van der Waals surface area contributed by atoms with Crippen LogP contribution in [0.4, 0.5) is 4.39 Å². The van der Waals surface area contributed by atoms with E-state index in [9.17, 15) is 12.8 Å². The van der Waals surface area contributed by atoms with Crippen LogP contribution < -0.4 is 0 Å². The fourth-order valence-electron chi connectivity index (χ4n) is 1.22. The quantitative estimate of drug-likeness (QED) is 0.751. The summed E-state index contributed by atoms with van der Waals surface area (Å²) in [6.45, 7) is 0.236. The summed E-state index contributed by atoms with van der Waals surface area (Å²) in [5, 5.41) is 0. The monoisotopic (exact) mass is 300 g/mol. The summed E-state index contributed by atoms with van der Waals surface area (Å²) in [6, 6.07) is 0.914. The van der Waals surface area contributed by atoms with E-state index < -0.39 is 15.8 Å². The zero-order chi connectivity index (χ0) is 12.9. The number of hydrogen-bond acceptors (Lipinski definition) is 3. The Hall–Kier alpha value is -0.430. The van der Waals surface area contributed by atoms with Crippen LogP contribution in [0.25, 0.3) is 0 Å². The molecule has 1 rings (SSSR count). The minimum absolute atomic E-state index is 0.118. The molecule has 0 spiro atoms.